The molecule has 0 saturated heterocycles. The second-order valence-corrected chi connectivity index (χ2v) is 4.43. The third-order valence-corrected chi connectivity index (χ3v) is 3.32. The molecule has 2 aromatic rings. The van der Waals surface area contributed by atoms with E-state index in [0.29, 0.717) is 5.52 Å². The fourth-order valence-corrected chi connectivity index (χ4v) is 2.30. The van der Waals surface area contributed by atoms with Gasteiger partial charge in [0.05, 0.1) is 28.6 Å². The lowest BCUT2D eigenvalue weighted by Crippen LogP contribution is -2.14. The maximum Gasteiger partial charge on any atom is 0.271 e. The molecule has 0 saturated carbocycles. The standard InChI is InChI=1S/C13H17N3O3/c1-3-9(8-17)15-12-6-5-10(16(18)19)7-11(12)14-13(15)4-2/h5-7,9,17H,3-4,8H2,1-2H3. The Kier molecular flexibility index (Phi) is 3.80. The number of nitro groups is 1. The number of hydrogen-bond acceptors (Lipinski definition) is 4. The SMILES string of the molecule is CCc1nc2cc([N+](=O)[O-])ccc2n1C(CC)CO. The monoisotopic (exact) mass is 263 g/mol. The zero-order valence-electron chi connectivity index (χ0n) is 11.0. The van der Waals surface area contributed by atoms with Crippen LogP contribution in [0.15, 0.2) is 18.2 Å². The van der Waals surface area contributed by atoms with Crippen LogP contribution in [0.4, 0.5) is 5.69 Å². The summed E-state index contributed by atoms with van der Waals surface area (Å²) in [6, 6.07) is 4.62. The van der Waals surface area contributed by atoms with Crippen LogP contribution in [0, 0.1) is 10.1 Å². The molecule has 1 aromatic carbocycles. The number of nitrogens with zero attached hydrogens (tertiary/aromatic N) is 3. The van der Waals surface area contributed by atoms with E-state index in [1.54, 1.807) is 6.07 Å². The van der Waals surface area contributed by atoms with E-state index in [0.717, 1.165) is 24.2 Å². The molecule has 1 aromatic heterocycles. The maximum absolute atomic E-state index is 10.8. The van der Waals surface area contributed by atoms with E-state index in [4.69, 9.17) is 0 Å². The van der Waals surface area contributed by atoms with Crippen molar-refractivity contribution in [2.45, 2.75) is 32.7 Å². The number of fused-ring (bicyclic) bond motifs is 1. The lowest BCUT2D eigenvalue weighted by molar-refractivity contribution is -0.384. The minimum atomic E-state index is -0.423. The quantitative estimate of drug-likeness (QED) is 0.663. The lowest BCUT2D eigenvalue weighted by atomic mass is 10.2. The Morgan fingerprint density at radius 3 is 2.74 bits per heavy atom. The molecule has 0 bridgehead atoms. The summed E-state index contributed by atoms with van der Waals surface area (Å²) >= 11 is 0. The van der Waals surface area contributed by atoms with Crippen LogP contribution in [0.3, 0.4) is 0 Å². The number of rotatable bonds is 5. The molecule has 1 N–H and O–H groups in total. The van der Waals surface area contributed by atoms with Crippen molar-refractivity contribution in [2.24, 2.45) is 0 Å². The van der Waals surface area contributed by atoms with Gasteiger partial charge in [0, 0.05) is 18.6 Å². The number of aryl methyl sites for hydroxylation is 1. The predicted molar refractivity (Wildman–Crippen MR) is 72.2 cm³/mol. The summed E-state index contributed by atoms with van der Waals surface area (Å²) in [6.07, 6.45) is 1.50. The number of nitro benzene ring substituents is 1. The second kappa shape index (κ2) is 5.36. The van der Waals surface area contributed by atoms with Gasteiger partial charge in [-0.15, -0.1) is 0 Å². The van der Waals surface area contributed by atoms with Gasteiger partial charge in [-0.1, -0.05) is 13.8 Å². The van der Waals surface area contributed by atoms with E-state index in [1.807, 2.05) is 18.4 Å². The third-order valence-electron chi connectivity index (χ3n) is 3.32. The summed E-state index contributed by atoms with van der Waals surface area (Å²) in [5.74, 6) is 0.844. The summed E-state index contributed by atoms with van der Waals surface area (Å²) < 4.78 is 1.99. The summed E-state index contributed by atoms with van der Waals surface area (Å²) in [6.45, 7) is 4.01. The Balaban J connectivity index is 2.65. The highest BCUT2D eigenvalue weighted by atomic mass is 16.6. The Morgan fingerprint density at radius 2 is 2.21 bits per heavy atom. The van der Waals surface area contributed by atoms with Crippen molar-refractivity contribution in [3.8, 4) is 0 Å². The number of aromatic nitrogens is 2. The van der Waals surface area contributed by atoms with Gasteiger partial charge in [-0.2, -0.15) is 0 Å². The average molecular weight is 263 g/mol. The minimum absolute atomic E-state index is 0.0337. The van der Waals surface area contributed by atoms with Crippen LogP contribution in [-0.2, 0) is 6.42 Å². The smallest absolute Gasteiger partial charge is 0.271 e. The van der Waals surface area contributed by atoms with Crippen LogP contribution in [-0.4, -0.2) is 26.2 Å². The number of aliphatic hydroxyl groups excluding tert-OH is 1. The van der Waals surface area contributed by atoms with Crippen LogP contribution >= 0.6 is 0 Å². The van der Waals surface area contributed by atoms with Crippen LogP contribution < -0.4 is 0 Å². The van der Waals surface area contributed by atoms with Gasteiger partial charge >= 0.3 is 0 Å². The first-order valence-electron chi connectivity index (χ1n) is 6.38. The molecule has 0 aliphatic heterocycles. The van der Waals surface area contributed by atoms with Crippen molar-refractivity contribution in [1.29, 1.82) is 0 Å². The third kappa shape index (κ3) is 2.31. The molecular weight excluding hydrogens is 246 g/mol. The van der Waals surface area contributed by atoms with Gasteiger partial charge in [0.25, 0.3) is 5.69 Å². The fourth-order valence-electron chi connectivity index (χ4n) is 2.30. The predicted octanol–water partition coefficient (Wildman–Crippen LogP) is 2.45. The Morgan fingerprint density at radius 1 is 1.47 bits per heavy atom. The molecule has 1 unspecified atom stereocenters. The highest BCUT2D eigenvalue weighted by Crippen LogP contribution is 2.26. The largest absolute Gasteiger partial charge is 0.394 e. The Bertz CT molecular complexity index is 602. The van der Waals surface area contributed by atoms with Crippen LogP contribution in [0.5, 0.6) is 0 Å². The summed E-state index contributed by atoms with van der Waals surface area (Å²) in [5.41, 5.74) is 1.48. The van der Waals surface area contributed by atoms with E-state index in [1.165, 1.54) is 12.1 Å². The second-order valence-electron chi connectivity index (χ2n) is 4.43. The Hall–Kier alpha value is -1.95. The number of non-ortho nitro benzene ring substituents is 1. The molecular formula is C13H17N3O3. The molecule has 0 amide bonds. The fraction of sp³-hybridized carbons (Fsp3) is 0.462. The van der Waals surface area contributed by atoms with Crippen LogP contribution in [0.1, 0.15) is 32.1 Å². The van der Waals surface area contributed by atoms with Crippen molar-refractivity contribution in [3.05, 3.63) is 34.1 Å². The Labute approximate surface area is 110 Å². The van der Waals surface area contributed by atoms with E-state index in [-0.39, 0.29) is 18.3 Å². The van der Waals surface area contributed by atoms with Crippen molar-refractivity contribution >= 4 is 16.7 Å². The number of hydrogen-bond donors (Lipinski definition) is 1. The van der Waals surface area contributed by atoms with E-state index >= 15 is 0 Å². The van der Waals surface area contributed by atoms with Gasteiger partial charge in [0.15, 0.2) is 0 Å². The minimum Gasteiger partial charge on any atom is -0.394 e. The summed E-state index contributed by atoms with van der Waals surface area (Å²) in [5, 5.41) is 20.2. The van der Waals surface area contributed by atoms with E-state index < -0.39 is 4.92 Å². The van der Waals surface area contributed by atoms with Gasteiger partial charge < -0.3 is 9.67 Å². The number of aliphatic hydroxyl groups is 1. The van der Waals surface area contributed by atoms with Crippen LogP contribution in [0.2, 0.25) is 0 Å². The van der Waals surface area contributed by atoms with Gasteiger partial charge in [0.1, 0.15) is 5.82 Å². The molecule has 6 heteroatoms. The molecule has 1 atom stereocenters. The molecule has 102 valence electrons. The maximum atomic E-state index is 10.8. The zero-order chi connectivity index (χ0) is 14.0. The van der Waals surface area contributed by atoms with E-state index in [9.17, 15) is 15.2 Å². The molecule has 0 aliphatic carbocycles. The first kappa shape index (κ1) is 13.5. The zero-order valence-corrected chi connectivity index (χ0v) is 11.0. The summed E-state index contributed by atoms with van der Waals surface area (Å²) in [7, 11) is 0. The first-order valence-corrected chi connectivity index (χ1v) is 6.38. The number of imidazole rings is 1. The topological polar surface area (TPSA) is 81.2 Å². The van der Waals surface area contributed by atoms with Crippen LogP contribution in [0.25, 0.3) is 11.0 Å². The molecule has 0 spiro atoms. The lowest BCUT2D eigenvalue weighted by Gasteiger charge is -2.17. The highest BCUT2D eigenvalue weighted by molar-refractivity contribution is 5.79. The van der Waals surface area contributed by atoms with Crippen molar-refractivity contribution < 1.29 is 10.0 Å². The van der Waals surface area contributed by atoms with Gasteiger partial charge in [0.2, 0.25) is 0 Å². The van der Waals surface area contributed by atoms with Gasteiger partial charge in [-0.05, 0) is 12.5 Å². The molecule has 2 rings (SSSR count). The van der Waals surface area contributed by atoms with Crippen molar-refractivity contribution in [3.63, 3.8) is 0 Å². The van der Waals surface area contributed by atoms with Crippen molar-refractivity contribution in [1.82, 2.24) is 9.55 Å². The molecule has 0 aliphatic rings. The molecule has 1 heterocycles. The normalized spacial score (nSPS) is 12.8. The highest BCUT2D eigenvalue weighted by Gasteiger charge is 2.18. The molecule has 0 fully saturated rings. The van der Waals surface area contributed by atoms with Crippen molar-refractivity contribution in [2.75, 3.05) is 6.61 Å². The molecule has 6 nitrogen and oxygen atoms in total. The van der Waals surface area contributed by atoms with Gasteiger partial charge in [-0.25, -0.2) is 4.98 Å². The number of benzene rings is 1. The first-order chi connectivity index (χ1) is 9.12. The molecule has 19 heavy (non-hydrogen) atoms. The van der Waals surface area contributed by atoms with E-state index in [2.05, 4.69) is 4.98 Å². The average Bonchev–Trinajstić information content (AvgIpc) is 2.78. The van der Waals surface area contributed by atoms with Gasteiger partial charge in [-0.3, -0.25) is 10.1 Å². The summed E-state index contributed by atoms with van der Waals surface area (Å²) in [4.78, 5) is 14.8. The molecule has 0 radical (unpaired) electrons.